The van der Waals surface area contributed by atoms with Crippen molar-refractivity contribution in [2.75, 3.05) is 19.6 Å². The van der Waals surface area contributed by atoms with Crippen LogP contribution in [0.3, 0.4) is 0 Å². The molecule has 0 bridgehead atoms. The van der Waals surface area contributed by atoms with Gasteiger partial charge >= 0.3 is 0 Å². The minimum absolute atomic E-state index is 0.0669. The van der Waals surface area contributed by atoms with Gasteiger partial charge in [-0.3, -0.25) is 14.7 Å². The lowest BCUT2D eigenvalue weighted by atomic mass is 10.0. The van der Waals surface area contributed by atoms with Gasteiger partial charge in [0.2, 0.25) is 5.78 Å². The van der Waals surface area contributed by atoms with Crippen LogP contribution in [-0.4, -0.2) is 36.0 Å². The van der Waals surface area contributed by atoms with E-state index < -0.39 is 0 Å². The van der Waals surface area contributed by atoms with E-state index >= 15 is 0 Å². The van der Waals surface area contributed by atoms with Crippen LogP contribution in [0.1, 0.15) is 51.9 Å². The summed E-state index contributed by atoms with van der Waals surface area (Å²) in [5.41, 5.74) is 5.83. The molecule has 0 spiro atoms. The first-order chi connectivity index (χ1) is 14.7. The van der Waals surface area contributed by atoms with Crippen molar-refractivity contribution in [2.45, 2.75) is 32.7 Å². The van der Waals surface area contributed by atoms with Crippen molar-refractivity contribution >= 4 is 17.6 Å². The van der Waals surface area contributed by atoms with Gasteiger partial charge in [-0.05, 0) is 50.0 Å². The van der Waals surface area contributed by atoms with E-state index in [-0.39, 0.29) is 5.78 Å². The molecular weight excluding hydrogens is 372 g/mol. The third kappa shape index (κ3) is 3.52. The van der Waals surface area contributed by atoms with Crippen LogP contribution in [0, 0.1) is 6.92 Å². The molecule has 0 aromatic heterocycles. The lowest BCUT2D eigenvalue weighted by Gasteiger charge is -2.24. The summed E-state index contributed by atoms with van der Waals surface area (Å²) < 4.78 is 6.12. The zero-order valence-corrected chi connectivity index (χ0v) is 17.4. The largest absolute Gasteiger partial charge is 0.452 e. The van der Waals surface area contributed by atoms with Crippen LogP contribution >= 0.6 is 0 Å². The number of Topliss-reactive ketones (excluding diaryl/α,β-unsaturated/α-hetero) is 1. The Morgan fingerprint density at radius 2 is 1.90 bits per heavy atom. The van der Waals surface area contributed by atoms with Crippen LogP contribution in [0.4, 0.5) is 0 Å². The highest BCUT2D eigenvalue weighted by atomic mass is 16.5. The van der Waals surface area contributed by atoms with Gasteiger partial charge in [-0.1, -0.05) is 48.9 Å². The van der Waals surface area contributed by atoms with Gasteiger partial charge in [-0.15, -0.1) is 0 Å². The molecule has 0 radical (unpaired) electrons. The van der Waals surface area contributed by atoms with Crippen molar-refractivity contribution in [2.24, 2.45) is 4.99 Å². The Bertz CT molecular complexity index is 1090. The Kier molecular flexibility index (Phi) is 5.09. The van der Waals surface area contributed by atoms with E-state index in [1.807, 2.05) is 30.3 Å². The highest BCUT2D eigenvalue weighted by Crippen LogP contribution is 2.37. The fraction of sp³-hybridized carbons (Fsp3) is 0.308. The molecule has 5 rings (SSSR count). The number of likely N-dealkylation sites (tertiary alicyclic amines) is 1. The number of piperidine rings is 1. The first kappa shape index (κ1) is 19.0. The van der Waals surface area contributed by atoms with Crippen LogP contribution in [0.25, 0.3) is 6.08 Å². The number of benzene rings is 2. The number of aryl methyl sites for hydroxylation is 1. The molecule has 1 fully saturated rings. The summed E-state index contributed by atoms with van der Waals surface area (Å²) in [5, 5.41) is 0. The number of rotatable bonds is 4. The Balaban J connectivity index is 1.40. The van der Waals surface area contributed by atoms with Gasteiger partial charge in [0.25, 0.3) is 0 Å². The van der Waals surface area contributed by atoms with Crippen molar-refractivity contribution in [3.05, 3.63) is 82.1 Å². The number of ether oxygens (including phenoxy) is 1. The van der Waals surface area contributed by atoms with Gasteiger partial charge in [-0.25, -0.2) is 0 Å². The standard InChI is InChI=1S/C26H26N2O2/c1-18-11-12-22-25(29)24(16-23-21-9-4-3-8-19(21)17-27-23)30-26(22)20(18)10-7-15-28-13-5-2-6-14-28/h3-4,7-12,16H,2,5-6,13-15,17H2,1H3/b10-7-,24-16-. The second-order valence-corrected chi connectivity index (χ2v) is 8.23. The maximum atomic E-state index is 13.0. The number of carbonyl (C=O) groups excluding carboxylic acids is 1. The van der Waals surface area contributed by atoms with Crippen molar-refractivity contribution in [3.8, 4) is 5.75 Å². The summed E-state index contributed by atoms with van der Waals surface area (Å²) in [5.74, 6) is 0.965. The van der Waals surface area contributed by atoms with E-state index in [1.165, 1.54) is 37.9 Å². The monoisotopic (exact) mass is 398 g/mol. The second kappa shape index (κ2) is 8.04. The Morgan fingerprint density at radius 3 is 2.77 bits per heavy atom. The third-order valence-corrected chi connectivity index (χ3v) is 6.17. The zero-order valence-electron chi connectivity index (χ0n) is 17.4. The van der Waals surface area contributed by atoms with Gasteiger partial charge in [-0.2, -0.15) is 0 Å². The van der Waals surface area contributed by atoms with Gasteiger partial charge in [0.1, 0.15) is 5.75 Å². The molecule has 0 aliphatic carbocycles. The smallest absolute Gasteiger partial charge is 0.232 e. The molecule has 0 unspecified atom stereocenters. The summed E-state index contributed by atoms with van der Waals surface area (Å²) in [7, 11) is 0. The molecule has 152 valence electrons. The number of aliphatic imine (C=N–C) groups is 1. The van der Waals surface area contributed by atoms with Crippen LogP contribution in [0.5, 0.6) is 5.75 Å². The molecule has 1 saturated heterocycles. The van der Waals surface area contributed by atoms with Gasteiger partial charge in [0.05, 0.1) is 17.8 Å². The van der Waals surface area contributed by atoms with Crippen LogP contribution < -0.4 is 4.74 Å². The van der Waals surface area contributed by atoms with Gasteiger partial charge in [0.15, 0.2) is 5.76 Å². The third-order valence-electron chi connectivity index (χ3n) is 6.17. The fourth-order valence-electron chi connectivity index (χ4n) is 4.45. The summed E-state index contributed by atoms with van der Waals surface area (Å²) in [6, 6.07) is 12.0. The number of allylic oxidation sites excluding steroid dienone is 2. The minimum Gasteiger partial charge on any atom is -0.452 e. The maximum Gasteiger partial charge on any atom is 0.232 e. The van der Waals surface area contributed by atoms with Crippen LogP contribution in [0.15, 0.2) is 59.3 Å². The molecule has 30 heavy (non-hydrogen) atoms. The maximum absolute atomic E-state index is 13.0. The molecule has 2 aromatic rings. The first-order valence-corrected chi connectivity index (χ1v) is 10.8. The van der Waals surface area contributed by atoms with Gasteiger partial charge in [0, 0.05) is 23.7 Å². The number of ketones is 1. The topological polar surface area (TPSA) is 41.9 Å². The van der Waals surface area contributed by atoms with E-state index in [1.54, 1.807) is 6.08 Å². The average Bonchev–Trinajstić information content (AvgIpc) is 3.32. The van der Waals surface area contributed by atoms with Crippen molar-refractivity contribution in [1.82, 2.24) is 4.90 Å². The normalized spacial score (nSPS) is 19.8. The fourth-order valence-corrected chi connectivity index (χ4v) is 4.45. The lowest BCUT2D eigenvalue weighted by molar-refractivity contribution is 0.101. The molecule has 4 nitrogen and oxygen atoms in total. The van der Waals surface area contributed by atoms with E-state index in [9.17, 15) is 4.79 Å². The van der Waals surface area contributed by atoms with E-state index in [0.717, 1.165) is 28.9 Å². The summed E-state index contributed by atoms with van der Waals surface area (Å²) in [6.45, 7) is 5.99. The predicted octanol–water partition coefficient (Wildman–Crippen LogP) is 4.96. The van der Waals surface area contributed by atoms with Gasteiger partial charge < -0.3 is 4.74 Å². The summed E-state index contributed by atoms with van der Waals surface area (Å²) in [4.78, 5) is 20.1. The first-order valence-electron chi connectivity index (χ1n) is 10.8. The average molecular weight is 399 g/mol. The van der Waals surface area contributed by atoms with Crippen molar-refractivity contribution in [1.29, 1.82) is 0 Å². The quantitative estimate of drug-likeness (QED) is 0.684. The van der Waals surface area contributed by atoms with E-state index in [2.05, 4.69) is 35.0 Å². The molecule has 3 aliphatic rings. The Morgan fingerprint density at radius 1 is 1.07 bits per heavy atom. The Hall–Kier alpha value is -2.98. The molecule has 0 N–H and O–H groups in total. The molecule has 0 amide bonds. The molecule has 2 aromatic carbocycles. The van der Waals surface area contributed by atoms with Crippen LogP contribution in [0.2, 0.25) is 0 Å². The molecule has 3 aliphatic heterocycles. The number of hydrogen-bond donors (Lipinski definition) is 0. The van der Waals surface area contributed by atoms with E-state index in [4.69, 9.17) is 4.74 Å². The molecule has 4 heteroatoms. The second-order valence-electron chi connectivity index (χ2n) is 8.23. The van der Waals surface area contributed by atoms with Crippen molar-refractivity contribution in [3.63, 3.8) is 0 Å². The lowest BCUT2D eigenvalue weighted by Crippen LogP contribution is -2.29. The SMILES string of the molecule is Cc1ccc2c(c1/C=C\CN1CCCCC1)O/C(=C\C1=NCc3ccccc31)C2=O. The molecule has 0 saturated carbocycles. The molecular formula is C26H26N2O2. The Labute approximate surface area is 177 Å². The predicted molar refractivity (Wildman–Crippen MR) is 120 cm³/mol. The number of carbonyl (C=O) groups is 1. The highest BCUT2D eigenvalue weighted by Gasteiger charge is 2.30. The summed E-state index contributed by atoms with van der Waals surface area (Å²) >= 11 is 0. The molecule has 0 atom stereocenters. The molecule has 3 heterocycles. The highest BCUT2D eigenvalue weighted by molar-refractivity contribution is 6.19. The van der Waals surface area contributed by atoms with Crippen LogP contribution in [-0.2, 0) is 6.54 Å². The number of fused-ring (bicyclic) bond motifs is 2. The van der Waals surface area contributed by atoms with Crippen molar-refractivity contribution < 1.29 is 9.53 Å². The number of nitrogens with zero attached hydrogens (tertiary/aromatic N) is 2. The minimum atomic E-state index is -0.0669. The summed E-state index contributed by atoms with van der Waals surface area (Å²) in [6.07, 6.45) is 10.0. The zero-order chi connectivity index (χ0) is 20.5. The number of hydrogen-bond acceptors (Lipinski definition) is 4. The van der Waals surface area contributed by atoms with E-state index in [0.29, 0.717) is 23.6 Å².